The van der Waals surface area contributed by atoms with E-state index in [-0.39, 0.29) is 35.7 Å². The summed E-state index contributed by atoms with van der Waals surface area (Å²) >= 11 is 0. The molecule has 0 aromatic rings. The van der Waals surface area contributed by atoms with Gasteiger partial charge in [-0.3, -0.25) is 0 Å². The van der Waals surface area contributed by atoms with Crippen LogP contribution < -0.4 is 29.6 Å². The van der Waals surface area contributed by atoms with Gasteiger partial charge in [0.2, 0.25) is 0 Å². The van der Waals surface area contributed by atoms with Crippen LogP contribution in [-0.4, -0.2) is 29.4 Å². The van der Waals surface area contributed by atoms with E-state index >= 15 is 0 Å². The van der Waals surface area contributed by atoms with Gasteiger partial charge in [-0.25, -0.2) is 8.42 Å². The molecular weight excluding hydrogens is 335 g/mol. The normalized spacial score (nSPS) is 14.2. The molecule has 0 fully saturated rings. The largest absolute Gasteiger partial charge is 1.00 e. The Morgan fingerprint density at radius 1 is 0.750 bits per heavy atom. The number of aliphatic hydroxyl groups excluding tert-OH is 1. The molecule has 0 aromatic carbocycles. The monoisotopic (exact) mass is 372 g/mol. The Labute approximate surface area is 172 Å². The van der Waals surface area contributed by atoms with Gasteiger partial charge in [-0.2, -0.15) is 0 Å². The average Bonchev–Trinajstić information content (AvgIpc) is 2.49. The second kappa shape index (κ2) is 17.3. The van der Waals surface area contributed by atoms with E-state index in [4.69, 9.17) is 0 Å². The molecule has 0 saturated heterocycles. The minimum Gasteiger partial charge on any atom is -0.748 e. The van der Waals surface area contributed by atoms with Crippen LogP contribution in [0.1, 0.15) is 104 Å². The first-order valence-electron chi connectivity index (χ1n) is 9.54. The SMILES string of the molecule is CCCCCCC(CCCCCCC(O)CCCC)S(=O)(=O)[O-].[Na+]. The summed E-state index contributed by atoms with van der Waals surface area (Å²) < 4.78 is 33.9. The summed E-state index contributed by atoms with van der Waals surface area (Å²) in [6.45, 7) is 4.23. The summed E-state index contributed by atoms with van der Waals surface area (Å²) in [6, 6.07) is 0. The van der Waals surface area contributed by atoms with Gasteiger partial charge < -0.3 is 9.66 Å². The first-order valence-corrected chi connectivity index (χ1v) is 11.0. The maximum atomic E-state index is 11.3. The van der Waals surface area contributed by atoms with E-state index < -0.39 is 15.4 Å². The molecule has 0 aliphatic heterocycles. The molecule has 0 aliphatic carbocycles. The van der Waals surface area contributed by atoms with Crippen molar-refractivity contribution in [3.8, 4) is 0 Å². The quantitative estimate of drug-likeness (QED) is 0.254. The van der Waals surface area contributed by atoms with Crippen LogP contribution in [0.3, 0.4) is 0 Å². The van der Waals surface area contributed by atoms with E-state index in [1.165, 1.54) is 0 Å². The molecule has 0 aliphatic rings. The van der Waals surface area contributed by atoms with Gasteiger partial charge in [0.05, 0.1) is 16.2 Å². The van der Waals surface area contributed by atoms with Crippen molar-refractivity contribution in [2.75, 3.05) is 0 Å². The van der Waals surface area contributed by atoms with E-state index in [0.29, 0.717) is 12.8 Å². The molecule has 1 N–H and O–H groups in total. The van der Waals surface area contributed by atoms with Crippen molar-refractivity contribution in [2.45, 2.75) is 115 Å². The standard InChI is InChI=1S/C18H38O4S.Na/c1-3-5-7-11-15-18(23(20,21)22)16-12-9-8-10-14-17(19)13-6-4-2;/h17-19H,3-16H2,1-2H3,(H,20,21,22);/q;+1/p-1. The summed E-state index contributed by atoms with van der Waals surface area (Å²) in [5.74, 6) is 0. The Morgan fingerprint density at radius 3 is 1.62 bits per heavy atom. The summed E-state index contributed by atoms with van der Waals surface area (Å²) in [5.41, 5.74) is 0. The van der Waals surface area contributed by atoms with Crippen molar-refractivity contribution >= 4 is 10.1 Å². The maximum absolute atomic E-state index is 11.3. The number of hydrogen-bond donors (Lipinski definition) is 1. The van der Waals surface area contributed by atoms with Crippen molar-refractivity contribution in [1.29, 1.82) is 0 Å². The molecule has 2 atom stereocenters. The Bertz CT molecular complexity index is 360. The third kappa shape index (κ3) is 16.3. The molecule has 0 saturated carbocycles. The summed E-state index contributed by atoms with van der Waals surface area (Å²) in [4.78, 5) is 0. The van der Waals surface area contributed by atoms with Crippen LogP contribution in [0.2, 0.25) is 0 Å². The molecule has 0 bridgehead atoms. The molecule has 0 rings (SSSR count). The Hall–Kier alpha value is 0.870. The van der Waals surface area contributed by atoms with Gasteiger partial charge in [0.25, 0.3) is 0 Å². The van der Waals surface area contributed by atoms with Gasteiger partial charge in [0, 0.05) is 5.25 Å². The van der Waals surface area contributed by atoms with Gasteiger partial charge in [-0.05, 0) is 25.7 Å². The smallest absolute Gasteiger partial charge is 0.748 e. The second-order valence-corrected chi connectivity index (χ2v) is 8.40. The van der Waals surface area contributed by atoms with Gasteiger partial charge in [-0.15, -0.1) is 0 Å². The minimum absolute atomic E-state index is 0. The van der Waals surface area contributed by atoms with E-state index in [2.05, 4.69) is 13.8 Å². The van der Waals surface area contributed by atoms with Crippen LogP contribution >= 0.6 is 0 Å². The van der Waals surface area contributed by atoms with Crippen LogP contribution in [0.25, 0.3) is 0 Å². The minimum atomic E-state index is -4.16. The fourth-order valence-corrected chi connectivity index (χ4v) is 3.83. The number of rotatable bonds is 16. The summed E-state index contributed by atoms with van der Waals surface area (Å²) in [5, 5.41) is 9.05. The van der Waals surface area contributed by atoms with E-state index in [9.17, 15) is 18.1 Å². The number of unbranched alkanes of at least 4 members (excludes halogenated alkanes) is 7. The van der Waals surface area contributed by atoms with Crippen molar-refractivity contribution in [3.63, 3.8) is 0 Å². The molecule has 0 radical (unpaired) electrons. The van der Waals surface area contributed by atoms with Crippen molar-refractivity contribution < 1.29 is 47.6 Å². The van der Waals surface area contributed by atoms with Crippen molar-refractivity contribution in [3.05, 3.63) is 0 Å². The topological polar surface area (TPSA) is 77.4 Å². The molecule has 6 heteroatoms. The molecular formula is C18H37NaO4S. The van der Waals surface area contributed by atoms with Gasteiger partial charge >= 0.3 is 29.6 Å². The Kier molecular flexibility index (Phi) is 19.5. The van der Waals surface area contributed by atoms with Crippen molar-refractivity contribution in [2.24, 2.45) is 0 Å². The summed E-state index contributed by atoms with van der Waals surface area (Å²) in [6.07, 6.45) is 12.5. The maximum Gasteiger partial charge on any atom is 1.00 e. The molecule has 2 unspecified atom stereocenters. The zero-order chi connectivity index (χ0) is 17.6. The van der Waals surface area contributed by atoms with E-state index in [0.717, 1.165) is 77.0 Å². The molecule has 140 valence electrons. The predicted molar refractivity (Wildman–Crippen MR) is 95.5 cm³/mol. The molecule has 0 aromatic heterocycles. The zero-order valence-corrected chi connectivity index (χ0v) is 19.0. The first kappa shape index (κ1) is 27.1. The predicted octanol–water partition coefficient (Wildman–Crippen LogP) is 1.77. The number of hydrogen-bond acceptors (Lipinski definition) is 4. The van der Waals surface area contributed by atoms with Gasteiger partial charge in [-0.1, -0.05) is 78.1 Å². The van der Waals surface area contributed by atoms with Gasteiger partial charge in [0.1, 0.15) is 0 Å². The fourth-order valence-electron chi connectivity index (χ4n) is 2.92. The molecule has 4 nitrogen and oxygen atoms in total. The van der Waals surface area contributed by atoms with Crippen LogP contribution in [0.15, 0.2) is 0 Å². The Balaban J connectivity index is 0. The average molecular weight is 373 g/mol. The second-order valence-electron chi connectivity index (χ2n) is 6.75. The number of aliphatic hydroxyl groups is 1. The van der Waals surface area contributed by atoms with E-state index in [1.54, 1.807) is 0 Å². The van der Waals surface area contributed by atoms with Crippen molar-refractivity contribution in [1.82, 2.24) is 0 Å². The first-order chi connectivity index (χ1) is 10.9. The zero-order valence-electron chi connectivity index (χ0n) is 16.1. The van der Waals surface area contributed by atoms with Crippen LogP contribution in [0.5, 0.6) is 0 Å². The molecule has 0 spiro atoms. The van der Waals surface area contributed by atoms with Crippen LogP contribution in [-0.2, 0) is 10.1 Å². The summed E-state index contributed by atoms with van der Waals surface area (Å²) in [7, 11) is -4.16. The Morgan fingerprint density at radius 2 is 1.17 bits per heavy atom. The molecule has 0 amide bonds. The molecule has 24 heavy (non-hydrogen) atoms. The van der Waals surface area contributed by atoms with Crippen LogP contribution in [0, 0.1) is 0 Å². The van der Waals surface area contributed by atoms with Gasteiger partial charge in [0.15, 0.2) is 0 Å². The third-order valence-corrected chi connectivity index (χ3v) is 5.78. The van der Waals surface area contributed by atoms with Crippen LogP contribution in [0.4, 0.5) is 0 Å². The third-order valence-electron chi connectivity index (χ3n) is 4.49. The van der Waals surface area contributed by atoms with E-state index in [1.807, 2.05) is 0 Å². The fraction of sp³-hybridized carbons (Fsp3) is 1.00. The molecule has 0 heterocycles.